The van der Waals surface area contributed by atoms with Crippen LogP contribution in [-0.2, 0) is 14.3 Å². The van der Waals surface area contributed by atoms with Gasteiger partial charge < -0.3 is 4.90 Å². The fourth-order valence-corrected chi connectivity index (χ4v) is 2.10. The summed E-state index contributed by atoms with van der Waals surface area (Å²) in [6.07, 6.45) is 2.81. The van der Waals surface area contributed by atoms with E-state index in [1.165, 1.54) is 0 Å². The molecule has 0 amide bonds. The van der Waals surface area contributed by atoms with Gasteiger partial charge in [-0.25, -0.2) is 0 Å². The summed E-state index contributed by atoms with van der Waals surface area (Å²) < 4.78 is 26.4. The third-order valence-electron chi connectivity index (χ3n) is 1.89. The summed E-state index contributed by atoms with van der Waals surface area (Å²) in [5.41, 5.74) is 0. The van der Waals surface area contributed by atoms with Crippen molar-refractivity contribution >= 4 is 10.1 Å². The maximum Gasteiger partial charge on any atom is 0.264 e. The van der Waals surface area contributed by atoms with Crippen molar-refractivity contribution in [3.05, 3.63) is 0 Å². The molecule has 1 rings (SSSR count). The number of nitrogens with zero attached hydrogens (tertiary/aromatic N) is 1. The Labute approximate surface area is 73.6 Å². The van der Waals surface area contributed by atoms with E-state index in [0.29, 0.717) is 6.54 Å². The fraction of sp³-hybridized carbons (Fsp3) is 1.00. The Bertz CT molecular complexity index is 237. The predicted molar refractivity (Wildman–Crippen MR) is 46.4 cm³/mol. The molecule has 0 radical (unpaired) electrons. The smallest absolute Gasteiger partial charge is 0.264 e. The number of likely N-dealkylation sites (tertiary alicyclic amines) is 1. The number of rotatable bonds is 2. The van der Waals surface area contributed by atoms with Gasteiger partial charge in [-0.3, -0.25) is 4.18 Å². The van der Waals surface area contributed by atoms with Gasteiger partial charge in [0, 0.05) is 6.54 Å². The van der Waals surface area contributed by atoms with Crippen molar-refractivity contribution in [2.75, 3.05) is 26.4 Å². The van der Waals surface area contributed by atoms with Gasteiger partial charge in [0.05, 0.1) is 12.4 Å². The van der Waals surface area contributed by atoms with E-state index in [1.807, 2.05) is 7.05 Å². The molecule has 1 heterocycles. The van der Waals surface area contributed by atoms with Gasteiger partial charge in [-0.15, -0.1) is 0 Å². The van der Waals surface area contributed by atoms with E-state index < -0.39 is 10.1 Å². The summed E-state index contributed by atoms with van der Waals surface area (Å²) in [4.78, 5) is 2.08. The standard InChI is InChI=1S/C7H15NO3S/c1-8-5-3-4-7(6-8)11-12(2,9)10/h7H,3-6H2,1-2H3/t7-/m1/s1. The first-order valence-corrected chi connectivity index (χ1v) is 5.86. The molecule has 0 aromatic rings. The molecule has 5 heteroatoms. The summed E-state index contributed by atoms with van der Waals surface area (Å²) in [6.45, 7) is 1.75. The Balaban J connectivity index is 2.43. The van der Waals surface area contributed by atoms with Gasteiger partial charge in [-0.2, -0.15) is 8.42 Å². The molecule has 1 aliphatic rings. The highest BCUT2D eigenvalue weighted by molar-refractivity contribution is 7.86. The molecule has 1 atom stereocenters. The van der Waals surface area contributed by atoms with E-state index >= 15 is 0 Å². The van der Waals surface area contributed by atoms with Crippen molar-refractivity contribution < 1.29 is 12.6 Å². The Hall–Kier alpha value is -0.130. The van der Waals surface area contributed by atoms with Gasteiger partial charge in [-0.1, -0.05) is 0 Å². The summed E-state index contributed by atoms with van der Waals surface area (Å²) in [5, 5.41) is 0. The van der Waals surface area contributed by atoms with Crippen molar-refractivity contribution in [1.82, 2.24) is 4.90 Å². The molecule has 1 aliphatic heterocycles. The number of piperidine rings is 1. The minimum absolute atomic E-state index is 0.140. The van der Waals surface area contributed by atoms with Crippen LogP contribution in [0.4, 0.5) is 0 Å². The normalized spacial score (nSPS) is 27.3. The van der Waals surface area contributed by atoms with Gasteiger partial charge in [0.1, 0.15) is 0 Å². The highest BCUT2D eigenvalue weighted by Gasteiger charge is 2.21. The van der Waals surface area contributed by atoms with E-state index in [1.54, 1.807) is 0 Å². The second kappa shape index (κ2) is 3.72. The second-order valence-electron chi connectivity index (χ2n) is 3.33. The van der Waals surface area contributed by atoms with Crippen LogP contribution in [0, 0.1) is 0 Å². The van der Waals surface area contributed by atoms with Crippen LogP contribution in [-0.4, -0.2) is 45.8 Å². The van der Waals surface area contributed by atoms with Crippen molar-refractivity contribution in [1.29, 1.82) is 0 Å². The van der Waals surface area contributed by atoms with E-state index in [-0.39, 0.29) is 6.10 Å². The molecule has 0 N–H and O–H groups in total. The molecule has 0 aliphatic carbocycles. The number of hydrogen-bond acceptors (Lipinski definition) is 4. The van der Waals surface area contributed by atoms with Crippen molar-refractivity contribution in [3.63, 3.8) is 0 Å². The monoisotopic (exact) mass is 193 g/mol. The molecular formula is C7H15NO3S. The van der Waals surface area contributed by atoms with Crippen LogP contribution >= 0.6 is 0 Å². The van der Waals surface area contributed by atoms with Gasteiger partial charge >= 0.3 is 0 Å². The summed E-state index contributed by atoms with van der Waals surface area (Å²) >= 11 is 0. The molecule has 0 aromatic heterocycles. The molecular weight excluding hydrogens is 178 g/mol. The largest absolute Gasteiger partial charge is 0.304 e. The van der Waals surface area contributed by atoms with E-state index in [0.717, 1.165) is 25.6 Å². The highest BCUT2D eigenvalue weighted by Crippen LogP contribution is 2.12. The molecule has 1 saturated heterocycles. The first-order chi connectivity index (χ1) is 5.47. The van der Waals surface area contributed by atoms with E-state index in [2.05, 4.69) is 4.90 Å². The molecule has 12 heavy (non-hydrogen) atoms. The van der Waals surface area contributed by atoms with Crippen LogP contribution in [0.3, 0.4) is 0 Å². The fourth-order valence-electron chi connectivity index (χ4n) is 1.44. The minimum atomic E-state index is -3.27. The average molecular weight is 193 g/mol. The molecule has 0 saturated carbocycles. The maximum atomic E-state index is 10.8. The lowest BCUT2D eigenvalue weighted by atomic mass is 10.1. The molecule has 1 fully saturated rings. The Kier molecular flexibility index (Phi) is 3.09. The van der Waals surface area contributed by atoms with Gasteiger partial charge in [0.25, 0.3) is 10.1 Å². The highest BCUT2D eigenvalue weighted by atomic mass is 32.2. The predicted octanol–water partition coefficient (Wildman–Crippen LogP) is 0.0568. The Morgan fingerprint density at radius 1 is 1.50 bits per heavy atom. The lowest BCUT2D eigenvalue weighted by Crippen LogP contribution is -2.37. The second-order valence-corrected chi connectivity index (χ2v) is 4.93. The topological polar surface area (TPSA) is 46.6 Å². The maximum absolute atomic E-state index is 10.8. The molecule has 4 nitrogen and oxygen atoms in total. The number of hydrogen-bond donors (Lipinski definition) is 0. The Morgan fingerprint density at radius 2 is 2.17 bits per heavy atom. The molecule has 0 unspecified atom stereocenters. The zero-order valence-electron chi connectivity index (χ0n) is 7.49. The summed E-state index contributed by atoms with van der Waals surface area (Å²) in [7, 11) is -1.30. The summed E-state index contributed by atoms with van der Waals surface area (Å²) in [6, 6.07) is 0. The average Bonchev–Trinajstić information content (AvgIpc) is 1.82. The zero-order chi connectivity index (χ0) is 9.19. The van der Waals surface area contributed by atoms with Gasteiger partial charge in [0.15, 0.2) is 0 Å². The van der Waals surface area contributed by atoms with Gasteiger partial charge in [0.2, 0.25) is 0 Å². The molecule has 0 aromatic carbocycles. The SMILES string of the molecule is CN1CCC[C@@H](OS(C)(=O)=O)C1. The molecule has 0 bridgehead atoms. The van der Waals surface area contributed by atoms with Crippen LogP contribution in [0.15, 0.2) is 0 Å². The lowest BCUT2D eigenvalue weighted by molar-refractivity contribution is 0.111. The Morgan fingerprint density at radius 3 is 2.67 bits per heavy atom. The van der Waals surface area contributed by atoms with E-state index in [4.69, 9.17) is 4.18 Å². The quantitative estimate of drug-likeness (QED) is 0.582. The number of likely N-dealkylation sites (N-methyl/N-ethyl adjacent to an activating group) is 1. The first kappa shape index (κ1) is 9.95. The minimum Gasteiger partial charge on any atom is -0.304 e. The van der Waals surface area contributed by atoms with Crippen molar-refractivity contribution in [2.45, 2.75) is 18.9 Å². The van der Waals surface area contributed by atoms with Crippen molar-refractivity contribution in [2.24, 2.45) is 0 Å². The van der Waals surface area contributed by atoms with Gasteiger partial charge in [-0.05, 0) is 26.4 Å². The van der Waals surface area contributed by atoms with Crippen LogP contribution in [0.5, 0.6) is 0 Å². The van der Waals surface area contributed by atoms with E-state index in [9.17, 15) is 8.42 Å². The lowest BCUT2D eigenvalue weighted by Gasteiger charge is -2.28. The van der Waals surface area contributed by atoms with Crippen LogP contribution < -0.4 is 0 Å². The molecule has 0 spiro atoms. The van der Waals surface area contributed by atoms with Crippen LogP contribution in [0.25, 0.3) is 0 Å². The summed E-state index contributed by atoms with van der Waals surface area (Å²) in [5.74, 6) is 0. The zero-order valence-corrected chi connectivity index (χ0v) is 8.30. The third kappa shape index (κ3) is 3.51. The van der Waals surface area contributed by atoms with Crippen LogP contribution in [0.1, 0.15) is 12.8 Å². The van der Waals surface area contributed by atoms with Crippen molar-refractivity contribution in [3.8, 4) is 0 Å². The third-order valence-corrected chi connectivity index (χ3v) is 2.51. The molecule has 72 valence electrons. The van der Waals surface area contributed by atoms with Crippen LogP contribution in [0.2, 0.25) is 0 Å². The first-order valence-electron chi connectivity index (χ1n) is 4.04.